The van der Waals surface area contributed by atoms with Crippen molar-refractivity contribution in [2.24, 2.45) is 10.8 Å². The van der Waals surface area contributed by atoms with Crippen LogP contribution in [0.5, 0.6) is 0 Å². The number of Topliss-reactive ketones (excluding diaryl/α,β-unsaturated/α-hetero) is 1. The van der Waals surface area contributed by atoms with E-state index in [4.69, 9.17) is 4.74 Å². The number of ether oxygens (including phenoxy) is 1. The van der Waals surface area contributed by atoms with Gasteiger partial charge in [0, 0.05) is 24.9 Å². The van der Waals surface area contributed by atoms with Crippen LogP contribution >= 0.6 is 0 Å². The molecule has 1 aromatic carbocycles. The predicted octanol–water partition coefficient (Wildman–Crippen LogP) is 4.78. The van der Waals surface area contributed by atoms with E-state index >= 15 is 0 Å². The molecule has 1 aliphatic heterocycles. The summed E-state index contributed by atoms with van der Waals surface area (Å²) in [5.74, 6) is 0.306. The zero-order chi connectivity index (χ0) is 19.9. The van der Waals surface area contributed by atoms with Gasteiger partial charge in [-0.05, 0) is 46.1 Å². The average Bonchev–Trinajstić information content (AvgIpc) is 2.58. The van der Waals surface area contributed by atoms with Gasteiger partial charge in [0.25, 0.3) is 0 Å². The largest absolute Gasteiger partial charge is 0.444 e. The van der Waals surface area contributed by atoms with E-state index in [0.717, 1.165) is 6.42 Å². The van der Waals surface area contributed by atoms with Gasteiger partial charge in [-0.15, -0.1) is 0 Å². The van der Waals surface area contributed by atoms with Crippen LogP contribution in [-0.2, 0) is 16.0 Å². The Morgan fingerprint density at radius 3 is 2.48 bits per heavy atom. The van der Waals surface area contributed by atoms with Crippen LogP contribution in [0.25, 0.3) is 0 Å². The average molecular weight is 370 g/mol. The van der Waals surface area contributed by atoms with Gasteiger partial charge in [0.1, 0.15) is 11.4 Å². The van der Waals surface area contributed by atoms with E-state index in [1.54, 1.807) is 4.90 Å². The first kappa shape index (κ1) is 19.7. The van der Waals surface area contributed by atoms with Crippen LogP contribution in [0, 0.1) is 10.8 Å². The smallest absolute Gasteiger partial charge is 0.410 e. The summed E-state index contributed by atoms with van der Waals surface area (Å²) in [5.41, 5.74) is 1.16. The Kier molecular flexibility index (Phi) is 4.96. The molecule has 0 spiro atoms. The molecule has 0 aromatic heterocycles. The van der Waals surface area contributed by atoms with E-state index in [-0.39, 0.29) is 11.5 Å². The quantitative estimate of drug-likeness (QED) is 0.705. The lowest BCUT2D eigenvalue weighted by Gasteiger charge is -2.51. The molecule has 0 N–H and O–H groups in total. The molecule has 0 radical (unpaired) electrons. The van der Waals surface area contributed by atoms with Crippen LogP contribution in [0.3, 0.4) is 0 Å². The lowest BCUT2D eigenvalue weighted by atomic mass is 9.56. The van der Waals surface area contributed by atoms with Crippen molar-refractivity contribution in [1.82, 2.24) is 4.90 Å². The molecule has 27 heavy (non-hydrogen) atoms. The number of nitrogens with zero attached hydrogens (tertiary/aromatic N) is 1. The Hall–Kier alpha value is -2.10. The number of amides is 1. The topological polar surface area (TPSA) is 46.6 Å². The number of hydrogen-bond acceptors (Lipinski definition) is 3. The van der Waals surface area contributed by atoms with E-state index in [9.17, 15) is 9.59 Å². The normalized spacial score (nSPS) is 28.4. The van der Waals surface area contributed by atoms with Crippen LogP contribution in [-0.4, -0.2) is 35.5 Å². The predicted molar refractivity (Wildman–Crippen MR) is 106 cm³/mol. The molecule has 2 aliphatic rings. The fourth-order valence-corrected chi connectivity index (χ4v) is 4.60. The van der Waals surface area contributed by atoms with Gasteiger partial charge in [0.05, 0.1) is 5.41 Å². The molecule has 146 valence electrons. The van der Waals surface area contributed by atoms with E-state index < -0.39 is 11.0 Å². The molecule has 0 unspecified atom stereocenters. The molecule has 1 saturated carbocycles. The summed E-state index contributed by atoms with van der Waals surface area (Å²) in [6.07, 6.45) is 3.87. The fourth-order valence-electron chi connectivity index (χ4n) is 4.60. The molecule has 2 atom stereocenters. The van der Waals surface area contributed by atoms with Crippen molar-refractivity contribution in [2.45, 2.75) is 59.5 Å². The summed E-state index contributed by atoms with van der Waals surface area (Å²) in [7, 11) is 0. The van der Waals surface area contributed by atoms with Gasteiger partial charge in [-0.25, -0.2) is 4.79 Å². The van der Waals surface area contributed by atoms with Crippen molar-refractivity contribution in [1.29, 1.82) is 0 Å². The summed E-state index contributed by atoms with van der Waals surface area (Å²) in [4.78, 5) is 27.3. The monoisotopic (exact) mass is 369 g/mol. The SMILES string of the molecule is CC(C)(C)OC(=O)N1CC=C2[C@@](C)(CCC(=O)[C@]2(C)Cc2ccccc2)C1. The van der Waals surface area contributed by atoms with Crippen LogP contribution in [0.1, 0.15) is 53.0 Å². The second-order valence-corrected chi connectivity index (χ2v) is 9.46. The summed E-state index contributed by atoms with van der Waals surface area (Å²) >= 11 is 0. The molecule has 1 fully saturated rings. The maximum Gasteiger partial charge on any atom is 0.410 e. The highest BCUT2D eigenvalue weighted by molar-refractivity contribution is 5.90. The van der Waals surface area contributed by atoms with Gasteiger partial charge in [-0.2, -0.15) is 0 Å². The van der Waals surface area contributed by atoms with Gasteiger partial charge in [0.15, 0.2) is 0 Å². The maximum absolute atomic E-state index is 13.0. The molecule has 1 aliphatic carbocycles. The minimum Gasteiger partial charge on any atom is -0.444 e. The zero-order valence-electron chi connectivity index (χ0n) is 17.2. The fraction of sp³-hybridized carbons (Fsp3) is 0.565. The van der Waals surface area contributed by atoms with Crippen molar-refractivity contribution in [2.75, 3.05) is 13.1 Å². The van der Waals surface area contributed by atoms with Gasteiger partial charge in [-0.1, -0.05) is 48.9 Å². The van der Waals surface area contributed by atoms with Gasteiger partial charge >= 0.3 is 6.09 Å². The second kappa shape index (κ2) is 6.81. The van der Waals surface area contributed by atoms with Crippen LogP contribution < -0.4 is 0 Å². The number of ketones is 1. The van der Waals surface area contributed by atoms with Gasteiger partial charge in [-0.3, -0.25) is 4.79 Å². The van der Waals surface area contributed by atoms with Crippen molar-refractivity contribution >= 4 is 11.9 Å². The number of fused-ring (bicyclic) bond motifs is 1. The van der Waals surface area contributed by atoms with E-state index in [0.29, 0.717) is 31.7 Å². The number of carbonyl (C=O) groups excluding carboxylic acids is 2. The number of benzene rings is 1. The molecule has 3 rings (SSSR count). The third-order valence-electron chi connectivity index (χ3n) is 5.87. The third-order valence-corrected chi connectivity index (χ3v) is 5.87. The summed E-state index contributed by atoms with van der Waals surface area (Å²) in [6.45, 7) is 11.0. The summed E-state index contributed by atoms with van der Waals surface area (Å²) in [6, 6.07) is 10.2. The Balaban J connectivity index is 1.89. The highest BCUT2D eigenvalue weighted by Crippen LogP contribution is 2.52. The Morgan fingerprint density at radius 2 is 1.85 bits per heavy atom. The Bertz CT molecular complexity index is 762. The molecule has 4 heteroatoms. The van der Waals surface area contributed by atoms with Crippen molar-refractivity contribution in [3.8, 4) is 0 Å². The number of hydrogen-bond donors (Lipinski definition) is 0. The van der Waals surface area contributed by atoms with E-state index in [2.05, 4.69) is 32.1 Å². The van der Waals surface area contributed by atoms with E-state index in [1.807, 2.05) is 39.0 Å². The molecule has 1 amide bonds. The maximum atomic E-state index is 13.0. The van der Waals surface area contributed by atoms with Gasteiger partial charge in [0.2, 0.25) is 0 Å². The first-order valence-electron chi connectivity index (χ1n) is 9.80. The van der Waals surface area contributed by atoms with Crippen LogP contribution in [0.2, 0.25) is 0 Å². The standard InChI is InChI=1S/C23H31NO3/c1-21(2,3)27-20(26)24-14-12-18-22(4,16-24)13-11-19(25)23(18,5)15-17-9-7-6-8-10-17/h6-10,12H,11,13-16H2,1-5H3/t22-,23+/m0/s1. The summed E-state index contributed by atoms with van der Waals surface area (Å²) < 4.78 is 5.56. The first-order valence-corrected chi connectivity index (χ1v) is 9.80. The van der Waals surface area contributed by atoms with Crippen LogP contribution in [0.15, 0.2) is 42.0 Å². The molecule has 0 saturated heterocycles. The molecule has 1 aromatic rings. The molecule has 1 heterocycles. The van der Waals surface area contributed by atoms with Crippen molar-refractivity contribution in [3.63, 3.8) is 0 Å². The molecular weight excluding hydrogens is 338 g/mol. The minimum absolute atomic E-state index is 0.188. The van der Waals surface area contributed by atoms with Gasteiger partial charge < -0.3 is 9.64 Å². The van der Waals surface area contributed by atoms with E-state index in [1.165, 1.54) is 11.1 Å². The summed E-state index contributed by atoms with van der Waals surface area (Å²) in [5, 5.41) is 0. The van der Waals surface area contributed by atoms with Crippen molar-refractivity contribution < 1.29 is 14.3 Å². The highest BCUT2D eigenvalue weighted by Gasteiger charge is 2.51. The molecule has 0 bridgehead atoms. The molecular formula is C23H31NO3. The Labute approximate surface area is 162 Å². The Morgan fingerprint density at radius 1 is 1.19 bits per heavy atom. The highest BCUT2D eigenvalue weighted by atomic mass is 16.6. The number of rotatable bonds is 2. The lowest BCUT2D eigenvalue weighted by Crippen LogP contribution is -2.53. The number of carbonyl (C=O) groups is 2. The third kappa shape index (κ3) is 3.95. The first-order chi connectivity index (χ1) is 12.5. The van der Waals surface area contributed by atoms with Crippen molar-refractivity contribution in [3.05, 3.63) is 47.5 Å². The van der Waals surface area contributed by atoms with Crippen LogP contribution in [0.4, 0.5) is 4.79 Å². The lowest BCUT2D eigenvalue weighted by molar-refractivity contribution is -0.129. The zero-order valence-corrected chi connectivity index (χ0v) is 17.2. The minimum atomic E-state index is -0.508. The second-order valence-electron chi connectivity index (χ2n) is 9.46. The molecule has 4 nitrogen and oxygen atoms in total.